The highest BCUT2D eigenvalue weighted by Crippen LogP contribution is 2.27. The van der Waals surface area contributed by atoms with Crippen LogP contribution in [0.15, 0.2) is 60.8 Å². The quantitative estimate of drug-likeness (QED) is 0.785. The minimum Gasteiger partial charge on any atom is -0.489 e. The predicted octanol–water partition coefficient (Wildman–Crippen LogP) is 3.36. The average Bonchev–Trinajstić information content (AvgIpc) is 2.96. The zero-order chi connectivity index (χ0) is 16.2. The van der Waals surface area contributed by atoms with Gasteiger partial charge >= 0.3 is 5.97 Å². The number of carboxylic acid groups (broad SMARTS) is 1. The van der Waals surface area contributed by atoms with Crippen molar-refractivity contribution >= 4 is 5.97 Å². The summed E-state index contributed by atoms with van der Waals surface area (Å²) >= 11 is 0. The fourth-order valence-electron chi connectivity index (χ4n) is 2.35. The van der Waals surface area contributed by atoms with Gasteiger partial charge in [0.1, 0.15) is 12.4 Å². The number of benzene rings is 2. The van der Waals surface area contributed by atoms with Crippen molar-refractivity contribution in [3.05, 3.63) is 72.1 Å². The summed E-state index contributed by atoms with van der Waals surface area (Å²) in [4.78, 5) is 11.3. The summed E-state index contributed by atoms with van der Waals surface area (Å²) in [5.41, 5.74) is 2.45. The molecule has 0 unspecified atom stereocenters. The van der Waals surface area contributed by atoms with E-state index in [1.807, 2.05) is 54.6 Å². The molecule has 0 aliphatic heterocycles. The highest BCUT2D eigenvalue weighted by Gasteiger charge is 2.16. The van der Waals surface area contributed by atoms with Crippen molar-refractivity contribution in [3.63, 3.8) is 0 Å². The number of aromatic carboxylic acids is 1. The average molecular weight is 308 g/mol. The molecular formula is C18H16N2O3. The SMILES string of the molecule is Cn1cc(-c2cccc(OCc3ccccc3)c2)c(C(=O)O)n1. The van der Waals surface area contributed by atoms with E-state index in [9.17, 15) is 9.90 Å². The molecule has 23 heavy (non-hydrogen) atoms. The van der Waals surface area contributed by atoms with Gasteiger partial charge in [0.05, 0.1) is 0 Å². The van der Waals surface area contributed by atoms with Crippen molar-refractivity contribution in [3.8, 4) is 16.9 Å². The Balaban J connectivity index is 1.84. The van der Waals surface area contributed by atoms with E-state index in [0.717, 1.165) is 11.1 Å². The second-order valence-electron chi connectivity index (χ2n) is 5.17. The summed E-state index contributed by atoms with van der Waals surface area (Å²) in [6, 6.07) is 17.2. The number of ether oxygens (including phenoxy) is 1. The topological polar surface area (TPSA) is 64.3 Å². The fraction of sp³-hybridized carbons (Fsp3) is 0.111. The van der Waals surface area contributed by atoms with Gasteiger partial charge in [0, 0.05) is 18.8 Å². The third-order valence-electron chi connectivity index (χ3n) is 3.42. The predicted molar refractivity (Wildman–Crippen MR) is 86.4 cm³/mol. The number of nitrogens with zero attached hydrogens (tertiary/aromatic N) is 2. The van der Waals surface area contributed by atoms with Gasteiger partial charge in [-0.05, 0) is 23.3 Å². The Labute approximate surface area is 133 Å². The summed E-state index contributed by atoms with van der Waals surface area (Å²) < 4.78 is 7.28. The normalized spacial score (nSPS) is 10.5. The molecule has 1 aromatic heterocycles. The third kappa shape index (κ3) is 3.40. The van der Waals surface area contributed by atoms with Gasteiger partial charge in [0.25, 0.3) is 0 Å². The van der Waals surface area contributed by atoms with Gasteiger partial charge in [0.2, 0.25) is 0 Å². The molecule has 116 valence electrons. The van der Waals surface area contributed by atoms with E-state index in [2.05, 4.69) is 5.10 Å². The van der Waals surface area contributed by atoms with E-state index in [-0.39, 0.29) is 5.69 Å². The van der Waals surface area contributed by atoms with E-state index in [4.69, 9.17) is 4.74 Å². The molecule has 3 rings (SSSR count). The van der Waals surface area contributed by atoms with Gasteiger partial charge < -0.3 is 9.84 Å². The Kier molecular flexibility index (Phi) is 4.10. The molecule has 3 aromatic rings. The van der Waals surface area contributed by atoms with Crippen molar-refractivity contribution in [1.29, 1.82) is 0 Å². The Morgan fingerprint density at radius 3 is 2.70 bits per heavy atom. The molecule has 0 saturated carbocycles. The molecule has 1 heterocycles. The number of hydrogen-bond donors (Lipinski definition) is 1. The second-order valence-corrected chi connectivity index (χ2v) is 5.17. The van der Waals surface area contributed by atoms with Crippen LogP contribution in [0.4, 0.5) is 0 Å². The molecule has 0 aliphatic rings. The Morgan fingerprint density at radius 1 is 1.17 bits per heavy atom. The molecule has 0 saturated heterocycles. The minimum absolute atomic E-state index is 0.0349. The summed E-state index contributed by atoms with van der Waals surface area (Å²) in [7, 11) is 1.70. The summed E-state index contributed by atoms with van der Waals surface area (Å²) in [6.07, 6.45) is 1.69. The van der Waals surface area contributed by atoms with Crippen LogP contribution < -0.4 is 4.74 Å². The number of aromatic nitrogens is 2. The first kappa shape index (κ1) is 14.8. The second kappa shape index (κ2) is 6.36. The molecular weight excluding hydrogens is 292 g/mol. The molecule has 0 bridgehead atoms. The van der Waals surface area contributed by atoms with Crippen LogP contribution in [0.2, 0.25) is 0 Å². The zero-order valence-electron chi connectivity index (χ0n) is 12.6. The molecule has 0 amide bonds. The maximum atomic E-state index is 11.3. The van der Waals surface area contributed by atoms with Gasteiger partial charge in [-0.25, -0.2) is 4.79 Å². The third-order valence-corrected chi connectivity index (χ3v) is 3.42. The van der Waals surface area contributed by atoms with Gasteiger partial charge in [-0.3, -0.25) is 4.68 Å². The van der Waals surface area contributed by atoms with E-state index < -0.39 is 5.97 Å². The van der Waals surface area contributed by atoms with E-state index in [1.165, 1.54) is 4.68 Å². The first-order valence-electron chi connectivity index (χ1n) is 7.17. The first-order valence-corrected chi connectivity index (χ1v) is 7.17. The fourth-order valence-corrected chi connectivity index (χ4v) is 2.35. The first-order chi connectivity index (χ1) is 11.1. The van der Waals surface area contributed by atoms with Crippen molar-refractivity contribution < 1.29 is 14.6 Å². The number of carbonyl (C=O) groups is 1. The van der Waals surface area contributed by atoms with Crippen molar-refractivity contribution in [2.45, 2.75) is 6.61 Å². The van der Waals surface area contributed by atoms with Gasteiger partial charge in [-0.15, -0.1) is 0 Å². The molecule has 2 aromatic carbocycles. The van der Waals surface area contributed by atoms with Crippen molar-refractivity contribution in [2.24, 2.45) is 7.05 Å². The highest BCUT2D eigenvalue weighted by atomic mass is 16.5. The van der Waals surface area contributed by atoms with Crippen LogP contribution in [0.1, 0.15) is 16.1 Å². The maximum absolute atomic E-state index is 11.3. The van der Waals surface area contributed by atoms with Crippen molar-refractivity contribution in [2.75, 3.05) is 0 Å². The van der Waals surface area contributed by atoms with Crippen LogP contribution in [0, 0.1) is 0 Å². The molecule has 0 fully saturated rings. The van der Waals surface area contributed by atoms with E-state index in [0.29, 0.717) is 17.9 Å². The molecule has 1 N–H and O–H groups in total. The lowest BCUT2D eigenvalue weighted by Crippen LogP contribution is -2.00. The minimum atomic E-state index is -1.05. The maximum Gasteiger partial charge on any atom is 0.357 e. The molecule has 0 radical (unpaired) electrons. The largest absolute Gasteiger partial charge is 0.489 e. The Morgan fingerprint density at radius 2 is 1.96 bits per heavy atom. The standard InChI is InChI=1S/C18H16N2O3/c1-20-11-16(17(19-20)18(21)22)14-8-5-9-15(10-14)23-12-13-6-3-2-4-7-13/h2-11H,12H2,1H3,(H,21,22). The molecule has 0 atom stereocenters. The van der Waals surface area contributed by atoms with Crippen LogP contribution in [0.3, 0.4) is 0 Å². The lowest BCUT2D eigenvalue weighted by Gasteiger charge is -2.08. The van der Waals surface area contributed by atoms with Gasteiger partial charge in [0.15, 0.2) is 5.69 Å². The number of aryl methyl sites for hydroxylation is 1. The van der Waals surface area contributed by atoms with E-state index >= 15 is 0 Å². The van der Waals surface area contributed by atoms with Crippen LogP contribution in [0.5, 0.6) is 5.75 Å². The molecule has 5 nitrogen and oxygen atoms in total. The Hall–Kier alpha value is -3.08. The van der Waals surface area contributed by atoms with Crippen LogP contribution in [-0.4, -0.2) is 20.9 Å². The summed E-state index contributed by atoms with van der Waals surface area (Å²) in [5.74, 6) is -0.359. The highest BCUT2D eigenvalue weighted by molar-refractivity contribution is 5.93. The van der Waals surface area contributed by atoms with Gasteiger partial charge in [-0.2, -0.15) is 5.10 Å². The molecule has 5 heteroatoms. The van der Waals surface area contributed by atoms with Crippen LogP contribution in [0.25, 0.3) is 11.1 Å². The van der Waals surface area contributed by atoms with Crippen LogP contribution in [-0.2, 0) is 13.7 Å². The molecule has 0 aliphatic carbocycles. The van der Waals surface area contributed by atoms with Gasteiger partial charge in [-0.1, -0.05) is 42.5 Å². The van der Waals surface area contributed by atoms with E-state index in [1.54, 1.807) is 13.2 Å². The smallest absolute Gasteiger partial charge is 0.357 e. The Bertz CT molecular complexity index is 825. The molecule has 0 spiro atoms. The lowest BCUT2D eigenvalue weighted by molar-refractivity contribution is 0.0690. The number of hydrogen-bond acceptors (Lipinski definition) is 3. The summed E-state index contributed by atoms with van der Waals surface area (Å²) in [6.45, 7) is 0.461. The van der Waals surface area contributed by atoms with Crippen molar-refractivity contribution in [1.82, 2.24) is 9.78 Å². The van der Waals surface area contributed by atoms with Crippen LogP contribution >= 0.6 is 0 Å². The number of carboxylic acids is 1. The zero-order valence-corrected chi connectivity index (χ0v) is 12.6. The lowest BCUT2D eigenvalue weighted by atomic mass is 10.1. The monoisotopic (exact) mass is 308 g/mol. The summed E-state index contributed by atoms with van der Waals surface area (Å²) in [5, 5.41) is 13.2. The number of rotatable bonds is 5.